The summed E-state index contributed by atoms with van der Waals surface area (Å²) in [6.07, 6.45) is -3.65. The summed E-state index contributed by atoms with van der Waals surface area (Å²) in [4.78, 5) is 6.63. The van der Waals surface area contributed by atoms with Crippen LogP contribution in [0.5, 0.6) is 0 Å². The highest BCUT2D eigenvalue weighted by Crippen LogP contribution is 2.26. The topological polar surface area (TPSA) is 51.8 Å². The predicted molar refractivity (Wildman–Crippen MR) is 43.0 cm³/mol. The van der Waals surface area contributed by atoms with Crippen LogP contribution in [0.1, 0.15) is 11.4 Å². The van der Waals surface area contributed by atoms with E-state index in [0.29, 0.717) is 0 Å². The van der Waals surface area contributed by atoms with Gasteiger partial charge in [-0.2, -0.15) is 13.2 Å². The van der Waals surface area contributed by atoms with E-state index >= 15 is 0 Å². The number of nitrogens with two attached hydrogens (primary N) is 1. The van der Waals surface area contributed by atoms with Crippen LogP contribution in [-0.2, 0) is 6.18 Å². The molecule has 1 heterocycles. The van der Waals surface area contributed by atoms with Gasteiger partial charge in [0.25, 0.3) is 0 Å². The average Bonchev–Trinajstić information content (AvgIpc) is 2.14. The van der Waals surface area contributed by atoms with Gasteiger partial charge in [0.05, 0.1) is 6.54 Å². The molecule has 3 nitrogen and oxygen atoms in total. The Bertz CT molecular complexity index is 375. The van der Waals surface area contributed by atoms with Crippen molar-refractivity contribution in [2.75, 3.05) is 6.54 Å². The Morgan fingerprint density at radius 1 is 1.36 bits per heavy atom. The summed E-state index contributed by atoms with van der Waals surface area (Å²) in [5.41, 5.74) is 4.07. The van der Waals surface area contributed by atoms with Gasteiger partial charge < -0.3 is 5.73 Å². The van der Waals surface area contributed by atoms with E-state index in [1.54, 1.807) is 0 Å². The number of rotatable bonds is 0. The molecule has 0 aromatic carbocycles. The predicted octanol–water partition coefficient (Wildman–Crippen LogP) is 0.806. The molecule has 0 amide bonds. The summed E-state index contributed by atoms with van der Waals surface area (Å²) in [6.45, 7) is 0.0748. The first-order chi connectivity index (χ1) is 6.54. The number of halogens is 3. The Morgan fingerprint density at radius 2 is 2.07 bits per heavy atom. The molecule has 1 rings (SSSR count). The summed E-state index contributed by atoms with van der Waals surface area (Å²) in [5.74, 6) is 4.79. The summed E-state index contributed by atoms with van der Waals surface area (Å²) < 4.78 is 36.4. The smallest absolute Gasteiger partial charge is 0.320 e. The third kappa shape index (κ3) is 2.71. The lowest BCUT2D eigenvalue weighted by Crippen LogP contribution is -2.08. The van der Waals surface area contributed by atoms with Crippen molar-refractivity contribution in [1.82, 2.24) is 9.97 Å². The van der Waals surface area contributed by atoms with E-state index in [9.17, 15) is 13.2 Å². The van der Waals surface area contributed by atoms with Crippen LogP contribution in [0.3, 0.4) is 0 Å². The molecule has 14 heavy (non-hydrogen) atoms. The number of hydrogen-bond acceptors (Lipinski definition) is 3. The zero-order chi connectivity index (χ0) is 10.6. The van der Waals surface area contributed by atoms with E-state index in [1.807, 2.05) is 0 Å². The number of alkyl halides is 3. The zero-order valence-corrected chi connectivity index (χ0v) is 6.97. The van der Waals surface area contributed by atoms with Crippen molar-refractivity contribution in [2.24, 2.45) is 5.73 Å². The minimum absolute atomic E-state index is 0.0118. The van der Waals surface area contributed by atoms with Gasteiger partial charge in [-0.05, 0) is 5.92 Å². The minimum Gasteiger partial charge on any atom is -0.320 e. The van der Waals surface area contributed by atoms with E-state index in [1.165, 1.54) is 0 Å². The van der Waals surface area contributed by atoms with Gasteiger partial charge in [-0.15, -0.1) is 0 Å². The van der Waals surface area contributed by atoms with Gasteiger partial charge in [0.15, 0.2) is 0 Å². The highest BCUT2D eigenvalue weighted by molar-refractivity contribution is 5.28. The van der Waals surface area contributed by atoms with E-state index in [4.69, 9.17) is 5.73 Å². The normalized spacial score (nSPS) is 10.6. The van der Waals surface area contributed by atoms with Crippen molar-refractivity contribution < 1.29 is 13.2 Å². The van der Waals surface area contributed by atoms with E-state index in [0.717, 1.165) is 12.4 Å². The Balaban J connectivity index is 3.02. The second-order valence-electron chi connectivity index (χ2n) is 2.29. The first kappa shape index (κ1) is 10.5. The molecule has 0 atom stereocenters. The van der Waals surface area contributed by atoms with Crippen LogP contribution in [0.25, 0.3) is 0 Å². The van der Waals surface area contributed by atoms with Gasteiger partial charge in [-0.1, -0.05) is 5.92 Å². The SMILES string of the molecule is NCC#Cc1cc(C(F)(F)F)ncn1. The zero-order valence-electron chi connectivity index (χ0n) is 6.97. The number of aromatic nitrogens is 2. The van der Waals surface area contributed by atoms with Gasteiger partial charge in [-0.3, -0.25) is 0 Å². The summed E-state index contributed by atoms with van der Waals surface area (Å²) in [6, 6.07) is 0.780. The largest absolute Gasteiger partial charge is 0.433 e. The van der Waals surface area contributed by atoms with Crippen molar-refractivity contribution >= 4 is 0 Å². The molecule has 0 saturated heterocycles. The molecule has 0 aliphatic carbocycles. The maximum atomic E-state index is 12.1. The minimum atomic E-state index is -4.47. The third-order valence-electron chi connectivity index (χ3n) is 1.28. The van der Waals surface area contributed by atoms with Crippen LogP contribution < -0.4 is 5.73 Å². The maximum Gasteiger partial charge on any atom is 0.433 e. The fraction of sp³-hybridized carbons (Fsp3) is 0.250. The van der Waals surface area contributed by atoms with E-state index in [2.05, 4.69) is 21.8 Å². The molecule has 2 N–H and O–H groups in total. The molecule has 0 fully saturated rings. The lowest BCUT2D eigenvalue weighted by molar-refractivity contribution is -0.141. The Labute approximate surface area is 78.2 Å². The van der Waals surface area contributed by atoms with Crippen LogP contribution in [0.4, 0.5) is 13.2 Å². The average molecular weight is 201 g/mol. The second kappa shape index (κ2) is 4.07. The molecule has 0 saturated carbocycles. The number of hydrogen-bond donors (Lipinski definition) is 1. The summed E-state index contributed by atoms with van der Waals surface area (Å²) in [5, 5.41) is 0. The third-order valence-corrected chi connectivity index (χ3v) is 1.28. The van der Waals surface area contributed by atoms with Crippen LogP contribution >= 0.6 is 0 Å². The van der Waals surface area contributed by atoms with Crippen molar-refractivity contribution in [2.45, 2.75) is 6.18 Å². The molecule has 0 spiro atoms. The molecule has 0 radical (unpaired) electrons. The van der Waals surface area contributed by atoms with Crippen LogP contribution in [0, 0.1) is 11.8 Å². The summed E-state index contributed by atoms with van der Waals surface area (Å²) in [7, 11) is 0. The van der Waals surface area contributed by atoms with Crippen molar-refractivity contribution in [3.8, 4) is 11.8 Å². The van der Waals surface area contributed by atoms with Gasteiger partial charge in [0, 0.05) is 6.07 Å². The highest BCUT2D eigenvalue weighted by atomic mass is 19.4. The Kier molecular flexibility index (Phi) is 3.04. The molecule has 1 aromatic rings. The quantitative estimate of drug-likeness (QED) is 0.632. The Hall–Kier alpha value is -1.61. The Morgan fingerprint density at radius 3 is 2.64 bits per heavy atom. The van der Waals surface area contributed by atoms with Crippen molar-refractivity contribution in [1.29, 1.82) is 0 Å². The first-order valence-corrected chi connectivity index (χ1v) is 3.62. The lowest BCUT2D eigenvalue weighted by Gasteiger charge is -2.03. The van der Waals surface area contributed by atoms with E-state index < -0.39 is 11.9 Å². The lowest BCUT2D eigenvalue weighted by atomic mass is 10.3. The fourth-order valence-electron chi connectivity index (χ4n) is 0.722. The van der Waals surface area contributed by atoms with Gasteiger partial charge in [-0.25, -0.2) is 9.97 Å². The fourth-order valence-corrected chi connectivity index (χ4v) is 0.722. The maximum absolute atomic E-state index is 12.1. The standard InChI is InChI=1S/C8H6F3N3/c9-8(10,11)7-4-6(2-1-3-12)13-5-14-7/h4-5H,3,12H2. The molecule has 74 valence electrons. The molecular weight excluding hydrogens is 195 g/mol. The van der Waals surface area contributed by atoms with Crippen molar-refractivity contribution in [3.05, 3.63) is 23.8 Å². The van der Waals surface area contributed by atoms with Crippen LogP contribution in [0.15, 0.2) is 12.4 Å². The van der Waals surface area contributed by atoms with Crippen LogP contribution in [0.2, 0.25) is 0 Å². The van der Waals surface area contributed by atoms with Gasteiger partial charge >= 0.3 is 6.18 Å². The molecule has 0 aliphatic heterocycles. The van der Waals surface area contributed by atoms with Gasteiger partial charge in [0.2, 0.25) is 0 Å². The molecule has 0 unspecified atom stereocenters. The van der Waals surface area contributed by atoms with Gasteiger partial charge in [0.1, 0.15) is 17.7 Å². The monoisotopic (exact) mass is 201 g/mol. The van der Waals surface area contributed by atoms with Crippen molar-refractivity contribution in [3.63, 3.8) is 0 Å². The summed E-state index contributed by atoms with van der Waals surface area (Å²) >= 11 is 0. The number of nitrogens with zero attached hydrogens (tertiary/aromatic N) is 2. The van der Waals surface area contributed by atoms with E-state index in [-0.39, 0.29) is 12.2 Å². The highest BCUT2D eigenvalue weighted by Gasteiger charge is 2.32. The molecule has 6 heteroatoms. The molecular formula is C8H6F3N3. The molecule has 1 aromatic heterocycles. The van der Waals surface area contributed by atoms with Crippen LogP contribution in [-0.4, -0.2) is 16.5 Å². The second-order valence-corrected chi connectivity index (χ2v) is 2.29. The molecule has 0 bridgehead atoms. The first-order valence-electron chi connectivity index (χ1n) is 3.62. The molecule has 0 aliphatic rings.